The van der Waals surface area contributed by atoms with E-state index in [-0.39, 0.29) is 17.7 Å². The van der Waals surface area contributed by atoms with E-state index in [1.54, 1.807) is 0 Å². The molecule has 2 rings (SSSR count). The summed E-state index contributed by atoms with van der Waals surface area (Å²) in [6, 6.07) is 5.74. The highest BCUT2D eigenvalue weighted by molar-refractivity contribution is 5.81. The van der Waals surface area contributed by atoms with Gasteiger partial charge in [0.25, 0.3) is 0 Å². The largest absolute Gasteiger partial charge is 0.356 e. The van der Waals surface area contributed by atoms with Crippen LogP contribution in [0.2, 0.25) is 0 Å². The molecule has 0 saturated heterocycles. The first-order valence-corrected chi connectivity index (χ1v) is 7.12. The van der Waals surface area contributed by atoms with Crippen molar-refractivity contribution in [3.05, 3.63) is 29.6 Å². The molecule has 1 heterocycles. The Morgan fingerprint density at radius 1 is 1.30 bits per heavy atom. The van der Waals surface area contributed by atoms with Crippen molar-refractivity contribution in [2.75, 3.05) is 6.54 Å². The van der Waals surface area contributed by atoms with Gasteiger partial charge >= 0.3 is 0 Å². The third-order valence-electron chi connectivity index (χ3n) is 3.24. The van der Waals surface area contributed by atoms with Gasteiger partial charge in [0, 0.05) is 24.6 Å². The van der Waals surface area contributed by atoms with E-state index < -0.39 is 0 Å². The molecule has 1 aliphatic rings. The van der Waals surface area contributed by atoms with Crippen LogP contribution in [0.15, 0.2) is 18.2 Å². The van der Waals surface area contributed by atoms with Gasteiger partial charge in [-0.2, -0.15) is 0 Å². The van der Waals surface area contributed by atoms with Gasteiger partial charge < -0.3 is 10.6 Å². The van der Waals surface area contributed by atoms with E-state index in [2.05, 4.69) is 15.6 Å². The predicted molar refractivity (Wildman–Crippen MR) is 75.8 cm³/mol. The van der Waals surface area contributed by atoms with Crippen molar-refractivity contribution in [3.8, 4) is 0 Å². The fraction of sp³-hybridized carbons (Fsp3) is 0.533. The van der Waals surface area contributed by atoms with Gasteiger partial charge in [-0.15, -0.1) is 0 Å². The number of nitrogens with one attached hydrogen (secondary N) is 2. The van der Waals surface area contributed by atoms with Gasteiger partial charge in [0.2, 0.25) is 11.8 Å². The maximum Gasteiger partial charge on any atom is 0.223 e. The summed E-state index contributed by atoms with van der Waals surface area (Å²) >= 11 is 0. The van der Waals surface area contributed by atoms with Crippen molar-refractivity contribution in [2.24, 2.45) is 5.92 Å². The zero-order chi connectivity index (χ0) is 14.4. The predicted octanol–water partition coefficient (Wildman–Crippen LogP) is 1.31. The second-order valence-electron chi connectivity index (χ2n) is 5.22. The number of aryl methyl sites for hydroxylation is 1. The average Bonchev–Trinajstić information content (AvgIpc) is 3.26. The van der Waals surface area contributed by atoms with Crippen molar-refractivity contribution in [3.63, 3.8) is 0 Å². The quantitative estimate of drug-likeness (QED) is 0.737. The van der Waals surface area contributed by atoms with Crippen LogP contribution in [0.1, 0.15) is 37.1 Å². The van der Waals surface area contributed by atoms with Crippen LogP contribution in [-0.2, 0) is 16.1 Å². The third kappa shape index (κ3) is 4.99. The van der Waals surface area contributed by atoms with Crippen LogP contribution >= 0.6 is 0 Å². The highest BCUT2D eigenvalue weighted by Crippen LogP contribution is 2.28. The first-order chi connectivity index (χ1) is 9.65. The number of pyridine rings is 1. The molecule has 108 valence electrons. The Kier molecular flexibility index (Phi) is 5.09. The van der Waals surface area contributed by atoms with E-state index >= 15 is 0 Å². The number of hydrogen-bond acceptors (Lipinski definition) is 3. The zero-order valence-corrected chi connectivity index (χ0v) is 11.8. The Labute approximate surface area is 119 Å². The molecule has 5 heteroatoms. The second-order valence-corrected chi connectivity index (χ2v) is 5.22. The lowest BCUT2D eigenvalue weighted by Gasteiger charge is -2.06. The first kappa shape index (κ1) is 14.5. The summed E-state index contributed by atoms with van der Waals surface area (Å²) in [5, 5.41) is 5.69. The van der Waals surface area contributed by atoms with Gasteiger partial charge in [-0.1, -0.05) is 6.07 Å². The average molecular weight is 275 g/mol. The number of carbonyl (C=O) groups excluding carboxylic acids is 2. The molecule has 2 amide bonds. The maximum atomic E-state index is 11.6. The van der Waals surface area contributed by atoms with Crippen LogP contribution in [0.25, 0.3) is 0 Å². The van der Waals surface area contributed by atoms with Crippen molar-refractivity contribution in [2.45, 2.75) is 39.2 Å². The normalized spacial score (nSPS) is 13.8. The molecule has 0 spiro atoms. The lowest BCUT2D eigenvalue weighted by molar-refractivity contribution is -0.123. The Bertz CT molecular complexity index is 484. The number of hydrogen-bond donors (Lipinski definition) is 2. The molecule has 0 atom stereocenters. The van der Waals surface area contributed by atoms with Crippen LogP contribution in [0.4, 0.5) is 0 Å². The van der Waals surface area contributed by atoms with Gasteiger partial charge in [0.05, 0.1) is 12.2 Å². The maximum absolute atomic E-state index is 11.6. The third-order valence-corrected chi connectivity index (χ3v) is 3.24. The lowest BCUT2D eigenvalue weighted by Crippen LogP contribution is -2.28. The summed E-state index contributed by atoms with van der Waals surface area (Å²) in [5.74, 6) is 0.361. The standard InChI is InChI=1S/C15H21N3O2/c1-11-4-2-5-13(18-11)10-17-14(19)6-3-9-16-15(20)12-7-8-12/h2,4-5,12H,3,6-10H2,1H3,(H,16,20)(H,17,19). The van der Waals surface area contributed by atoms with Crippen molar-refractivity contribution >= 4 is 11.8 Å². The number of nitrogens with zero attached hydrogens (tertiary/aromatic N) is 1. The Hall–Kier alpha value is -1.91. The number of amides is 2. The van der Waals surface area contributed by atoms with E-state index in [1.165, 1.54) is 0 Å². The minimum atomic E-state index is -0.00558. The van der Waals surface area contributed by atoms with E-state index in [0.717, 1.165) is 24.2 Å². The fourth-order valence-corrected chi connectivity index (χ4v) is 1.93. The molecule has 0 unspecified atom stereocenters. The van der Waals surface area contributed by atoms with Gasteiger partial charge in [0.15, 0.2) is 0 Å². The summed E-state index contributed by atoms with van der Waals surface area (Å²) in [5.41, 5.74) is 1.81. The van der Waals surface area contributed by atoms with Crippen molar-refractivity contribution in [1.82, 2.24) is 15.6 Å². The highest BCUT2D eigenvalue weighted by atomic mass is 16.2. The lowest BCUT2D eigenvalue weighted by atomic mass is 10.2. The molecule has 20 heavy (non-hydrogen) atoms. The van der Waals surface area contributed by atoms with E-state index in [4.69, 9.17) is 0 Å². The summed E-state index contributed by atoms with van der Waals surface area (Å²) in [6.07, 6.45) is 3.12. The van der Waals surface area contributed by atoms with Crippen LogP contribution < -0.4 is 10.6 Å². The topological polar surface area (TPSA) is 71.1 Å². The van der Waals surface area contributed by atoms with Crippen molar-refractivity contribution < 1.29 is 9.59 Å². The summed E-state index contributed by atoms with van der Waals surface area (Å²) < 4.78 is 0. The molecule has 0 aliphatic heterocycles. The molecule has 0 bridgehead atoms. The molecule has 1 aromatic heterocycles. The Balaban J connectivity index is 1.57. The van der Waals surface area contributed by atoms with Crippen LogP contribution in [0.5, 0.6) is 0 Å². The second kappa shape index (κ2) is 7.03. The van der Waals surface area contributed by atoms with Gasteiger partial charge in [-0.3, -0.25) is 14.6 Å². The van der Waals surface area contributed by atoms with Crippen LogP contribution in [0.3, 0.4) is 0 Å². The van der Waals surface area contributed by atoms with Gasteiger partial charge in [0.1, 0.15) is 0 Å². The number of rotatable bonds is 7. The number of carbonyl (C=O) groups is 2. The minimum absolute atomic E-state index is 0.00558. The highest BCUT2D eigenvalue weighted by Gasteiger charge is 2.28. The first-order valence-electron chi connectivity index (χ1n) is 7.12. The Morgan fingerprint density at radius 3 is 2.80 bits per heavy atom. The molecule has 1 aromatic rings. The van der Waals surface area contributed by atoms with Crippen LogP contribution in [0, 0.1) is 12.8 Å². The number of aromatic nitrogens is 1. The molecule has 1 aliphatic carbocycles. The van der Waals surface area contributed by atoms with Gasteiger partial charge in [-0.05, 0) is 38.3 Å². The molecule has 0 radical (unpaired) electrons. The van der Waals surface area contributed by atoms with Gasteiger partial charge in [-0.25, -0.2) is 0 Å². The smallest absolute Gasteiger partial charge is 0.223 e. The summed E-state index contributed by atoms with van der Waals surface area (Å²) in [4.78, 5) is 27.3. The Morgan fingerprint density at radius 2 is 2.10 bits per heavy atom. The fourth-order valence-electron chi connectivity index (χ4n) is 1.93. The molecule has 1 saturated carbocycles. The SMILES string of the molecule is Cc1cccc(CNC(=O)CCCNC(=O)C2CC2)n1. The van der Waals surface area contributed by atoms with Crippen molar-refractivity contribution in [1.29, 1.82) is 0 Å². The monoisotopic (exact) mass is 275 g/mol. The van der Waals surface area contributed by atoms with E-state index in [0.29, 0.717) is 25.9 Å². The molecule has 2 N–H and O–H groups in total. The summed E-state index contributed by atoms with van der Waals surface area (Å²) in [6.45, 7) is 2.95. The van der Waals surface area contributed by atoms with E-state index in [9.17, 15) is 9.59 Å². The zero-order valence-electron chi connectivity index (χ0n) is 11.8. The molecule has 1 fully saturated rings. The molecular weight excluding hydrogens is 254 g/mol. The van der Waals surface area contributed by atoms with Crippen LogP contribution in [-0.4, -0.2) is 23.3 Å². The summed E-state index contributed by atoms with van der Waals surface area (Å²) in [7, 11) is 0. The molecule has 0 aromatic carbocycles. The minimum Gasteiger partial charge on any atom is -0.356 e. The molecule has 5 nitrogen and oxygen atoms in total. The molecular formula is C15H21N3O2. The van der Waals surface area contributed by atoms with E-state index in [1.807, 2.05) is 25.1 Å².